The maximum absolute atomic E-state index is 13.2. The van der Waals surface area contributed by atoms with Gasteiger partial charge in [-0.05, 0) is 67.6 Å². The molecule has 0 aliphatic carbocycles. The molecule has 182 valence electrons. The van der Waals surface area contributed by atoms with Crippen molar-refractivity contribution >= 4 is 45.8 Å². The van der Waals surface area contributed by atoms with Crippen molar-refractivity contribution in [3.05, 3.63) is 56.4 Å². The highest BCUT2D eigenvalue weighted by molar-refractivity contribution is 14.1. The summed E-state index contributed by atoms with van der Waals surface area (Å²) in [5, 5.41) is 14.1. The highest BCUT2D eigenvalue weighted by atomic mass is 127. The van der Waals surface area contributed by atoms with Crippen molar-refractivity contribution in [2.24, 2.45) is 0 Å². The van der Waals surface area contributed by atoms with Gasteiger partial charge in [-0.2, -0.15) is 10.4 Å². The molecule has 2 aromatic heterocycles. The van der Waals surface area contributed by atoms with Crippen molar-refractivity contribution in [2.45, 2.75) is 33.4 Å². The van der Waals surface area contributed by atoms with Crippen LogP contribution in [0.15, 0.2) is 36.4 Å². The zero-order valence-electron chi connectivity index (χ0n) is 19.8. The second kappa shape index (κ2) is 10.8. The van der Waals surface area contributed by atoms with E-state index in [1.165, 1.54) is 0 Å². The number of benzene rings is 1. The maximum atomic E-state index is 13.2. The van der Waals surface area contributed by atoms with Gasteiger partial charge in [0.15, 0.2) is 0 Å². The van der Waals surface area contributed by atoms with E-state index in [-0.39, 0.29) is 24.2 Å². The van der Waals surface area contributed by atoms with Crippen LogP contribution in [-0.2, 0) is 11.3 Å². The molecule has 1 amide bonds. The van der Waals surface area contributed by atoms with Crippen molar-refractivity contribution in [1.82, 2.24) is 19.7 Å². The van der Waals surface area contributed by atoms with E-state index < -0.39 is 0 Å². The fraction of sp³-hybridized carbons (Fsp3) is 0.360. The summed E-state index contributed by atoms with van der Waals surface area (Å²) in [5.41, 5.74) is 3.05. The third-order valence-corrected chi connectivity index (χ3v) is 7.40. The van der Waals surface area contributed by atoms with Gasteiger partial charge < -0.3 is 14.5 Å². The first-order valence-electron chi connectivity index (χ1n) is 11.4. The van der Waals surface area contributed by atoms with E-state index in [4.69, 9.17) is 21.6 Å². The van der Waals surface area contributed by atoms with E-state index >= 15 is 0 Å². The van der Waals surface area contributed by atoms with Crippen LogP contribution in [0.25, 0.3) is 11.4 Å². The number of hydrogen-bond acceptors (Lipinski definition) is 6. The highest BCUT2D eigenvalue weighted by Crippen LogP contribution is 2.30. The third kappa shape index (κ3) is 5.38. The number of piperazine rings is 1. The molecule has 1 fully saturated rings. The van der Waals surface area contributed by atoms with Crippen molar-refractivity contribution in [2.75, 3.05) is 31.1 Å². The van der Waals surface area contributed by atoms with Gasteiger partial charge >= 0.3 is 0 Å². The van der Waals surface area contributed by atoms with Crippen molar-refractivity contribution in [3.63, 3.8) is 0 Å². The van der Waals surface area contributed by atoms with Crippen LogP contribution < -0.4 is 9.64 Å². The van der Waals surface area contributed by atoms with Gasteiger partial charge in [0, 0.05) is 37.4 Å². The Bertz CT molecular complexity index is 1290. The number of halogens is 2. The van der Waals surface area contributed by atoms with Gasteiger partial charge in [-0.1, -0.05) is 17.7 Å². The molecule has 1 atom stereocenters. The van der Waals surface area contributed by atoms with Crippen LogP contribution in [0.1, 0.15) is 25.2 Å². The lowest BCUT2D eigenvalue weighted by atomic mass is 10.1. The van der Waals surface area contributed by atoms with E-state index in [0.717, 1.165) is 28.1 Å². The Balaban J connectivity index is 1.46. The summed E-state index contributed by atoms with van der Waals surface area (Å²) in [4.78, 5) is 21.7. The number of carbonyl (C=O) groups is 1. The summed E-state index contributed by atoms with van der Waals surface area (Å²) < 4.78 is 8.45. The summed E-state index contributed by atoms with van der Waals surface area (Å²) in [6, 6.07) is 13.4. The smallest absolute Gasteiger partial charge is 0.244 e. The zero-order valence-corrected chi connectivity index (χ0v) is 22.7. The van der Waals surface area contributed by atoms with Gasteiger partial charge in [0.1, 0.15) is 29.8 Å². The number of nitrogens with zero attached hydrogens (tertiary/aromatic N) is 6. The second-order valence-electron chi connectivity index (χ2n) is 8.36. The summed E-state index contributed by atoms with van der Waals surface area (Å²) in [6.45, 7) is 8.65. The van der Waals surface area contributed by atoms with Crippen LogP contribution in [0, 0.1) is 21.8 Å². The number of hydrogen-bond donors (Lipinski definition) is 0. The minimum absolute atomic E-state index is 0.0117. The monoisotopic (exact) mass is 604 g/mol. The third-order valence-electron chi connectivity index (χ3n) is 6.05. The Morgan fingerprint density at radius 1 is 1.31 bits per heavy atom. The maximum Gasteiger partial charge on any atom is 0.244 e. The van der Waals surface area contributed by atoms with Gasteiger partial charge in [-0.15, -0.1) is 0 Å². The predicted molar refractivity (Wildman–Crippen MR) is 144 cm³/mol. The minimum Gasteiger partial charge on any atom is -0.493 e. The first-order valence-corrected chi connectivity index (χ1v) is 12.8. The molecule has 4 rings (SSSR count). The molecule has 0 spiro atoms. The molecule has 3 heterocycles. The van der Waals surface area contributed by atoms with Crippen LogP contribution >= 0.6 is 34.2 Å². The van der Waals surface area contributed by atoms with E-state index in [1.807, 2.05) is 24.8 Å². The zero-order chi connectivity index (χ0) is 25.1. The lowest BCUT2D eigenvalue weighted by molar-refractivity contribution is -0.134. The molecule has 0 saturated carbocycles. The molecule has 0 unspecified atom stereocenters. The Morgan fingerprint density at radius 2 is 2.11 bits per heavy atom. The van der Waals surface area contributed by atoms with Crippen LogP contribution in [0.2, 0.25) is 5.02 Å². The van der Waals surface area contributed by atoms with Crippen LogP contribution in [-0.4, -0.2) is 57.9 Å². The predicted octanol–water partition coefficient (Wildman–Crippen LogP) is 4.52. The molecule has 0 N–H and O–H groups in total. The Hall–Kier alpha value is -2.84. The topological polar surface area (TPSA) is 87.3 Å². The normalized spacial score (nSPS) is 15.7. The largest absolute Gasteiger partial charge is 0.493 e. The van der Waals surface area contributed by atoms with Gasteiger partial charge in [-0.25, -0.2) is 4.98 Å². The first kappa shape index (κ1) is 25.3. The van der Waals surface area contributed by atoms with Crippen LogP contribution in [0.4, 0.5) is 5.69 Å². The molecular weight excluding hydrogens is 579 g/mol. The summed E-state index contributed by atoms with van der Waals surface area (Å²) in [5.74, 6) is 0.871. The Labute approximate surface area is 223 Å². The Kier molecular flexibility index (Phi) is 7.82. The van der Waals surface area contributed by atoms with E-state index in [9.17, 15) is 4.79 Å². The van der Waals surface area contributed by atoms with Crippen LogP contribution in [0.5, 0.6) is 5.75 Å². The molecule has 10 heteroatoms. The van der Waals surface area contributed by atoms with E-state index in [1.54, 1.807) is 22.9 Å². The number of anilines is 1. The van der Waals surface area contributed by atoms with Gasteiger partial charge in [0.2, 0.25) is 5.91 Å². The molecule has 35 heavy (non-hydrogen) atoms. The SMILES string of the molecule is CCOc1cc(N2CCN(C(=O)Cn3nc(-c4cccc(C#N)n4)c(Cl)c3C)[C@@H](C)C2)ccc1I. The lowest BCUT2D eigenvalue weighted by Gasteiger charge is -2.41. The minimum atomic E-state index is -0.0117. The Morgan fingerprint density at radius 3 is 2.83 bits per heavy atom. The average Bonchev–Trinajstić information content (AvgIpc) is 3.14. The highest BCUT2D eigenvalue weighted by Gasteiger charge is 2.29. The standard InChI is InChI=1S/C25H26ClIN6O2/c1-4-35-22-12-19(8-9-20(22)27)31-10-11-32(16(2)14-31)23(34)15-33-17(3)24(26)25(30-33)21-7-5-6-18(13-28)29-21/h5-9,12,16H,4,10-11,14-15H2,1-3H3/t16-/m0/s1. The van der Waals surface area contributed by atoms with Gasteiger partial charge in [-0.3, -0.25) is 9.48 Å². The fourth-order valence-corrected chi connectivity index (χ4v) is 4.93. The molecular formula is C25H26ClIN6O2. The molecule has 0 bridgehead atoms. The number of nitriles is 1. The van der Waals surface area contributed by atoms with Gasteiger partial charge in [0.05, 0.1) is 26.6 Å². The van der Waals surface area contributed by atoms with Crippen molar-refractivity contribution in [1.29, 1.82) is 5.26 Å². The molecule has 1 aromatic carbocycles. The molecule has 0 radical (unpaired) electrons. The summed E-state index contributed by atoms with van der Waals surface area (Å²) in [6.07, 6.45) is 0. The molecule has 3 aromatic rings. The number of rotatable bonds is 6. The molecule has 1 saturated heterocycles. The number of aromatic nitrogens is 3. The number of pyridine rings is 1. The molecule has 1 aliphatic heterocycles. The van der Waals surface area contributed by atoms with E-state index in [2.05, 4.69) is 62.7 Å². The number of amides is 1. The van der Waals surface area contributed by atoms with E-state index in [0.29, 0.717) is 35.3 Å². The average molecular weight is 605 g/mol. The quantitative estimate of drug-likeness (QED) is 0.385. The van der Waals surface area contributed by atoms with Crippen molar-refractivity contribution < 1.29 is 9.53 Å². The van der Waals surface area contributed by atoms with Crippen LogP contribution in [0.3, 0.4) is 0 Å². The van der Waals surface area contributed by atoms with Crippen molar-refractivity contribution in [3.8, 4) is 23.2 Å². The number of carbonyl (C=O) groups excluding carboxylic acids is 1. The summed E-state index contributed by atoms with van der Waals surface area (Å²) >= 11 is 8.81. The van der Waals surface area contributed by atoms with Gasteiger partial charge in [0.25, 0.3) is 0 Å². The number of ether oxygens (including phenoxy) is 1. The second-order valence-corrected chi connectivity index (χ2v) is 9.90. The summed E-state index contributed by atoms with van der Waals surface area (Å²) in [7, 11) is 0. The first-order chi connectivity index (χ1) is 16.8. The molecule has 1 aliphatic rings. The fourth-order valence-electron chi connectivity index (χ4n) is 4.21. The lowest BCUT2D eigenvalue weighted by Crippen LogP contribution is -2.54. The molecule has 8 nitrogen and oxygen atoms in total.